The molecule has 0 spiro atoms. The van der Waals surface area contributed by atoms with Gasteiger partial charge in [-0.05, 0) is 22.5 Å². The predicted octanol–water partition coefficient (Wildman–Crippen LogP) is 8.62. The number of rotatable bonds is 2. The molecule has 0 saturated heterocycles. The average molecular weight is 665 g/mol. The van der Waals surface area contributed by atoms with Gasteiger partial charge in [-0.15, -0.1) is 46.2 Å². The Labute approximate surface area is 226 Å². The SMILES string of the molecule is CC(C)(C)C(=O)/C=C(\O)C(C)(C)C.Cc1[c-]c(-c2nc3ccccc3c3sccc23)cc(C)c1.[Ir]. The van der Waals surface area contributed by atoms with Crippen molar-refractivity contribution >= 4 is 38.1 Å². The van der Waals surface area contributed by atoms with Crippen LogP contribution in [0.1, 0.15) is 52.7 Å². The third-order valence-corrected chi connectivity index (χ3v) is 6.43. The van der Waals surface area contributed by atoms with Gasteiger partial charge in [-0.25, -0.2) is 0 Å². The topological polar surface area (TPSA) is 50.2 Å². The summed E-state index contributed by atoms with van der Waals surface area (Å²) >= 11 is 1.78. The van der Waals surface area contributed by atoms with Crippen molar-refractivity contribution < 1.29 is 30.0 Å². The summed E-state index contributed by atoms with van der Waals surface area (Å²) in [6.45, 7) is 15.3. The van der Waals surface area contributed by atoms with Crippen LogP contribution in [-0.2, 0) is 24.9 Å². The number of nitrogens with zero attached hydrogens (tertiary/aromatic N) is 1. The minimum atomic E-state index is -0.417. The summed E-state index contributed by atoms with van der Waals surface area (Å²) in [5, 5.41) is 14.2. The number of aromatic nitrogens is 1. The molecule has 0 aliphatic carbocycles. The van der Waals surface area contributed by atoms with E-state index in [0.29, 0.717) is 0 Å². The van der Waals surface area contributed by atoms with Gasteiger partial charge in [0.1, 0.15) is 5.76 Å². The molecule has 0 aliphatic rings. The molecule has 2 aromatic carbocycles. The molecule has 0 fully saturated rings. The zero-order valence-electron chi connectivity index (χ0n) is 21.7. The Morgan fingerprint density at radius 2 is 1.63 bits per heavy atom. The van der Waals surface area contributed by atoms with Crippen molar-refractivity contribution in [2.24, 2.45) is 10.8 Å². The van der Waals surface area contributed by atoms with Crippen LogP contribution in [-0.4, -0.2) is 15.9 Å². The minimum absolute atomic E-state index is 0. The van der Waals surface area contributed by atoms with Crippen LogP contribution in [0.4, 0.5) is 0 Å². The number of pyridine rings is 1. The Kier molecular flexibility index (Phi) is 9.21. The van der Waals surface area contributed by atoms with Gasteiger partial charge in [0.15, 0.2) is 5.78 Å². The Balaban J connectivity index is 0.000000271. The number of aryl methyl sites for hydroxylation is 2. The molecular formula is C30H34IrNO2S-. The zero-order chi connectivity index (χ0) is 25.3. The van der Waals surface area contributed by atoms with Gasteiger partial charge in [0, 0.05) is 47.1 Å². The van der Waals surface area contributed by atoms with E-state index in [1.165, 1.54) is 27.1 Å². The van der Waals surface area contributed by atoms with Crippen LogP contribution < -0.4 is 0 Å². The first-order valence-electron chi connectivity index (χ1n) is 11.5. The number of thiophene rings is 1. The maximum Gasteiger partial charge on any atom is 0.164 e. The molecule has 0 atom stereocenters. The van der Waals surface area contributed by atoms with Crippen molar-refractivity contribution in [3.05, 3.63) is 76.9 Å². The van der Waals surface area contributed by atoms with E-state index >= 15 is 0 Å². The summed E-state index contributed by atoms with van der Waals surface area (Å²) in [6, 6.07) is 18.3. The van der Waals surface area contributed by atoms with Gasteiger partial charge >= 0.3 is 0 Å². The van der Waals surface area contributed by atoms with E-state index in [9.17, 15) is 9.90 Å². The molecule has 0 saturated carbocycles. The third kappa shape index (κ3) is 7.10. The van der Waals surface area contributed by atoms with Crippen molar-refractivity contribution in [2.75, 3.05) is 0 Å². The number of allylic oxidation sites excluding steroid dienone is 2. The van der Waals surface area contributed by atoms with Crippen LogP contribution >= 0.6 is 11.3 Å². The molecule has 187 valence electrons. The van der Waals surface area contributed by atoms with Crippen molar-refractivity contribution in [1.29, 1.82) is 0 Å². The molecule has 4 rings (SSSR count). The molecule has 2 aromatic heterocycles. The first-order chi connectivity index (χ1) is 15.8. The van der Waals surface area contributed by atoms with Crippen LogP contribution in [0.5, 0.6) is 0 Å². The number of para-hydroxylation sites is 1. The number of fused-ring (bicyclic) bond motifs is 3. The summed E-state index contributed by atoms with van der Waals surface area (Å²) < 4.78 is 1.31. The van der Waals surface area contributed by atoms with E-state index in [4.69, 9.17) is 4.98 Å². The molecule has 0 bridgehead atoms. The van der Waals surface area contributed by atoms with Crippen LogP contribution in [0.2, 0.25) is 0 Å². The largest absolute Gasteiger partial charge is 0.512 e. The van der Waals surface area contributed by atoms with Crippen LogP contribution in [0, 0.1) is 30.7 Å². The summed E-state index contributed by atoms with van der Waals surface area (Å²) in [5.41, 5.74) is 4.82. The molecule has 2 heterocycles. The monoisotopic (exact) mass is 665 g/mol. The fourth-order valence-corrected chi connectivity index (χ4v) is 4.37. The molecule has 35 heavy (non-hydrogen) atoms. The zero-order valence-corrected chi connectivity index (χ0v) is 25.0. The van der Waals surface area contributed by atoms with Crippen molar-refractivity contribution in [2.45, 2.75) is 55.4 Å². The minimum Gasteiger partial charge on any atom is -0.512 e. The van der Waals surface area contributed by atoms with Gasteiger partial charge in [-0.2, -0.15) is 0 Å². The van der Waals surface area contributed by atoms with Gasteiger partial charge < -0.3 is 5.11 Å². The Hall–Kier alpha value is -2.33. The molecule has 0 amide bonds. The van der Waals surface area contributed by atoms with Crippen molar-refractivity contribution in [1.82, 2.24) is 4.98 Å². The first-order valence-corrected chi connectivity index (χ1v) is 12.4. The molecule has 0 aliphatic heterocycles. The Morgan fingerprint density at radius 3 is 2.23 bits per heavy atom. The fourth-order valence-electron chi connectivity index (χ4n) is 3.43. The van der Waals surface area contributed by atoms with E-state index in [1.807, 2.05) is 47.6 Å². The maximum absolute atomic E-state index is 11.5. The van der Waals surface area contributed by atoms with Gasteiger partial charge in [0.2, 0.25) is 0 Å². The van der Waals surface area contributed by atoms with E-state index in [2.05, 4.69) is 61.7 Å². The molecule has 3 nitrogen and oxygen atoms in total. The Morgan fingerprint density at radius 1 is 0.971 bits per heavy atom. The Bertz CT molecular complexity index is 1350. The molecular weight excluding hydrogens is 631 g/mol. The molecule has 5 heteroatoms. The second-order valence-corrected chi connectivity index (χ2v) is 11.7. The quantitative estimate of drug-likeness (QED) is 0.133. The molecule has 1 radical (unpaired) electrons. The van der Waals surface area contributed by atoms with Gasteiger partial charge in [0.25, 0.3) is 0 Å². The number of hydrogen-bond donors (Lipinski definition) is 1. The van der Waals surface area contributed by atoms with E-state index < -0.39 is 5.41 Å². The maximum atomic E-state index is 11.5. The van der Waals surface area contributed by atoms with Crippen molar-refractivity contribution in [3.8, 4) is 11.3 Å². The number of carbonyl (C=O) groups is 1. The number of hydrogen-bond acceptors (Lipinski definition) is 4. The molecule has 0 unspecified atom stereocenters. The normalized spacial score (nSPS) is 12.2. The second-order valence-electron chi connectivity index (χ2n) is 10.8. The second kappa shape index (κ2) is 11.2. The van der Waals surface area contributed by atoms with Crippen LogP contribution in [0.3, 0.4) is 0 Å². The van der Waals surface area contributed by atoms with E-state index in [-0.39, 0.29) is 37.1 Å². The van der Waals surface area contributed by atoms with Gasteiger partial charge in [-0.1, -0.05) is 79.7 Å². The summed E-state index contributed by atoms with van der Waals surface area (Å²) in [5.74, 6) is 0.104. The predicted molar refractivity (Wildman–Crippen MR) is 146 cm³/mol. The molecule has 4 aromatic rings. The first kappa shape index (κ1) is 28.9. The summed E-state index contributed by atoms with van der Waals surface area (Å²) in [7, 11) is 0. The van der Waals surface area contributed by atoms with E-state index in [1.54, 1.807) is 11.3 Å². The number of ketones is 1. The number of aliphatic hydroxyl groups is 1. The fraction of sp³-hybridized carbons (Fsp3) is 0.333. The standard InChI is InChI=1S/C19H14NS.C11H20O2.Ir/c1-12-9-13(2)11-14(10-12)18-16-7-8-21-19(16)15-5-3-4-6-17(15)20-18;1-10(2,3)8(12)7-9(13)11(4,5)6;/h3-10H,1-2H3;7,12H,1-6H3;/q-1;;/b;8-7-;. The summed E-state index contributed by atoms with van der Waals surface area (Å²) in [4.78, 5) is 16.4. The van der Waals surface area contributed by atoms with Crippen LogP contribution in [0.25, 0.3) is 32.2 Å². The number of carbonyl (C=O) groups excluding carboxylic acids is 1. The van der Waals surface area contributed by atoms with Crippen molar-refractivity contribution in [3.63, 3.8) is 0 Å². The molecule has 1 N–H and O–H groups in total. The van der Waals surface area contributed by atoms with Gasteiger partial charge in [-0.3, -0.25) is 9.78 Å². The third-order valence-electron chi connectivity index (χ3n) is 5.48. The van der Waals surface area contributed by atoms with Crippen LogP contribution in [0.15, 0.2) is 59.7 Å². The van der Waals surface area contributed by atoms with E-state index in [0.717, 1.165) is 22.3 Å². The number of benzene rings is 2. The average Bonchev–Trinajstić information content (AvgIpc) is 3.21. The van der Waals surface area contributed by atoms with Gasteiger partial charge in [0.05, 0.1) is 5.52 Å². The number of aliphatic hydroxyl groups excluding tert-OH is 1. The smallest absolute Gasteiger partial charge is 0.164 e. The summed E-state index contributed by atoms with van der Waals surface area (Å²) in [6.07, 6.45) is 1.33.